The lowest BCUT2D eigenvalue weighted by Gasteiger charge is -2.12. The Morgan fingerprint density at radius 3 is 2.78 bits per heavy atom. The Bertz CT molecular complexity index is 410. The molecule has 0 aliphatic rings. The maximum absolute atomic E-state index is 13.4. The second-order valence-corrected chi connectivity index (χ2v) is 4.15. The predicted octanol–water partition coefficient (Wildman–Crippen LogP) is 1.31. The normalized spacial score (nSPS) is 12.0. The molecule has 5 heteroatoms. The van der Waals surface area contributed by atoms with E-state index in [0.29, 0.717) is 18.7 Å². The summed E-state index contributed by atoms with van der Waals surface area (Å²) in [4.78, 5) is 11.6. The summed E-state index contributed by atoms with van der Waals surface area (Å²) in [6.45, 7) is 2.76. The Morgan fingerprint density at radius 2 is 2.22 bits per heavy atom. The van der Waals surface area contributed by atoms with Gasteiger partial charge >= 0.3 is 0 Å². The Balaban J connectivity index is 2.53. The second-order valence-electron chi connectivity index (χ2n) is 4.15. The average Bonchev–Trinajstić information content (AvgIpc) is 2.36. The fourth-order valence-electron chi connectivity index (χ4n) is 1.58. The number of halogens is 1. The second kappa shape index (κ2) is 6.96. The van der Waals surface area contributed by atoms with Crippen molar-refractivity contribution < 1.29 is 13.9 Å². The van der Waals surface area contributed by atoms with E-state index in [4.69, 9.17) is 4.74 Å². The molecule has 0 saturated heterocycles. The van der Waals surface area contributed by atoms with Crippen molar-refractivity contribution in [2.45, 2.75) is 13.5 Å². The maximum atomic E-state index is 13.4. The standard InChI is InChI=1S/C13H19FN2O2/c1-9(7-15-2)13(17)16-8-10-4-5-12(18-3)11(14)6-10/h4-6,9,15H,7-8H2,1-3H3,(H,16,17). The van der Waals surface area contributed by atoms with Crippen molar-refractivity contribution in [1.82, 2.24) is 10.6 Å². The molecule has 1 aromatic carbocycles. The number of carbonyl (C=O) groups excluding carboxylic acids is 1. The average molecular weight is 254 g/mol. The van der Waals surface area contributed by atoms with E-state index in [2.05, 4.69) is 10.6 Å². The van der Waals surface area contributed by atoms with Crippen molar-refractivity contribution in [3.05, 3.63) is 29.6 Å². The lowest BCUT2D eigenvalue weighted by atomic mass is 10.1. The Hall–Kier alpha value is -1.62. The molecule has 2 N–H and O–H groups in total. The molecule has 4 nitrogen and oxygen atoms in total. The zero-order valence-electron chi connectivity index (χ0n) is 10.9. The molecule has 1 aromatic rings. The van der Waals surface area contributed by atoms with E-state index < -0.39 is 5.82 Å². The van der Waals surface area contributed by atoms with Gasteiger partial charge in [0.1, 0.15) is 0 Å². The summed E-state index contributed by atoms with van der Waals surface area (Å²) in [5, 5.41) is 5.70. The lowest BCUT2D eigenvalue weighted by molar-refractivity contribution is -0.124. The van der Waals surface area contributed by atoms with E-state index in [-0.39, 0.29) is 17.6 Å². The smallest absolute Gasteiger partial charge is 0.224 e. The fraction of sp³-hybridized carbons (Fsp3) is 0.462. The van der Waals surface area contributed by atoms with Gasteiger partial charge in [0, 0.05) is 19.0 Å². The maximum Gasteiger partial charge on any atom is 0.224 e. The van der Waals surface area contributed by atoms with Gasteiger partial charge in [-0.15, -0.1) is 0 Å². The van der Waals surface area contributed by atoms with Crippen LogP contribution in [0.1, 0.15) is 12.5 Å². The Morgan fingerprint density at radius 1 is 1.50 bits per heavy atom. The minimum atomic E-state index is -0.424. The van der Waals surface area contributed by atoms with E-state index in [1.54, 1.807) is 19.2 Å². The number of methoxy groups -OCH3 is 1. The quantitative estimate of drug-likeness (QED) is 0.804. The summed E-state index contributed by atoms with van der Waals surface area (Å²) in [6.07, 6.45) is 0. The molecule has 0 aromatic heterocycles. The largest absolute Gasteiger partial charge is 0.494 e. The van der Waals surface area contributed by atoms with Gasteiger partial charge in [0.05, 0.1) is 7.11 Å². The summed E-state index contributed by atoms with van der Waals surface area (Å²) in [5.74, 6) is -0.389. The Kier molecular flexibility index (Phi) is 5.58. The van der Waals surface area contributed by atoms with Crippen LogP contribution in [0, 0.1) is 11.7 Å². The Labute approximate surface area is 107 Å². The van der Waals surface area contributed by atoms with Crippen molar-refractivity contribution in [3.8, 4) is 5.75 Å². The molecule has 1 unspecified atom stereocenters. The van der Waals surface area contributed by atoms with Gasteiger partial charge in [0.15, 0.2) is 11.6 Å². The molecule has 1 rings (SSSR count). The van der Waals surface area contributed by atoms with E-state index in [9.17, 15) is 9.18 Å². The van der Waals surface area contributed by atoms with Crippen molar-refractivity contribution in [1.29, 1.82) is 0 Å². The van der Waals surface area contributed by atoms with Crippen molar-refractivity contribution in [3.63, 3.8) is 0 Å². The van der Waals surface area contributed by atoms with Crippen LogP contribution < -0.4 is 15.4 Å². The molecule has 0 bridgehead atoms. The van der Waals surface area contributed by atoms with E-state index in [1.807, 2.05) is 6.92 Å². The van der Waals surface area contributed by atoms with Crippen LogP contribution in [0.5, 0.6) is 5.75 Å². The SMILES string of the molecule is CNCC(C)C(=O)NCc1ccc(OC)c(F)c1. The van der Waals surface area contributed by atoms with Gasteiger partial charge in [0.2, 0.25) is 5.91 Å². The zero-order valence-corrected chi connectivity index (χ0v) is 10.9. The van der Waals surface area contributed by atoms with Gasteiger partial charge in [-0.05, 0) is 24.7 Å². The van der Waals surface area contributed by atoms with E-state index in [1.165, 1.54) is 13.2 Å². The number of carbonyl (C=O) groups is 1. The highest BCUT2D eigenvalue weighted by molar-refractivity contribution is 5.78. The van der Waals surface area contributed by atoms with Crippen LogP contribution >= 0.6 is 0 Å². The number of benzene rings is 1. The molecule has 0 spiro atoms. The molecule has 0 aliphatic heterocycles. The van der Waals surface area contributed by atoms with Gasteiger partial charge in [0.25, 0.3) is 0 Å². The number of hydrogen-bond acceptors (Lipinski definition) is 3. The van der Waals surface area contributed by atoms with Crippen LogP contribution in [0.25, 0.3) is 0 Å². The first kappa shape index (κ1) is 14.4. The number of hydrogen-bond donors (Lipinski definition) is 2. The molecule has 0 aliphatic carbocycles. The first-order valence-electron chi connectivity index (χ1n) is 5.83. The fourth-order valence-corrected chi connectivity index (χ4v) is 1.58. The molecular weight excluding hydrogens is 235 g/mol. The molecule has 18 heavy (non-hydrogen) atoms. The summed E-state index contributed by atoms with van der Waals surface area (Å²) >= 11 is 0. The van der Waals surface area contributed by atoms with Crippen LogP contribution in [-0.2, 0) is 11.3 Å². The first-order valence-corrected chi connectivity index (χ1v) is 5.83. The number of rotatable bonds is 6. The molecule has 100 valence electrons. The monoisotopic (exact) mass is 254 g/mol. The van der Waals surface area contributed by atoms with Crippen LogP contribution in [-0.4, -0.2) is 26.6 Å². The third kappa shape index (κ3) is 4.00. The minimum absolute atomic E-state index is 0.0550. The summed E-state index contributed by atoms with van der Waals surface area (Å²) in [7, 11) is 3.21. The zero-order chi connectivity index (χ0) is 13.5. The van der Waals surface area contributed by atoms with Crippen LogP contribution in [0.3, 0.4) is 0 Å². The third-order valence-corrected chi connectivity index (χ3v) is 2.64. The topological polar surface area (TPSA) is 50.4 Å². The summed E-state index contributed by atoms with van der Waals surface area (Å²) in [6, 6.07) is 4.64. The summed E-state index contributed by atoms with van der Waals surface area (Å²) in [5.41, 5.74) is 0.707. The predicted molar refractivity (Wildman–Crippen MR) is 67.9 cm³/mol. The van der Waals surface area contributed by atoms with Crippen LogP contribution in [0.2, 0.25) is 0 Å². The van der Waals surface area contributed by atoms with Gasteiger partial charge in [-0.1, -0.05) is 13.0 Å². The third-order valence-electron chi connectivity index (χ3n) is 2.64. The number of amides is 1. The number of nitrogens with one attached hydrogen (secondary N) is 2. The summed E-state index contributed by atoms with van der Waals surface area (Å²) < 4.78 is 18.2. The minimum Gasteiger partial charge on any atom is -0.494 e. The van der Waals surface area contributed by atoms with E-state index >= 15 is 0 Å². The molecule has 0 fully saturated rings. The van der Waals surface area contributed by atoms with Crippen molar-refractivity contribution >= 4 is 5.91 Å². The highest BCUT2D eigenvalue weighted by atomic mass is 19.1. The van der Waals surface area contributed by atoms with E-state index in [0.717, 1.165) is 0 Å². The molecule has 0 radical (unpaired) electrons. The highest BCUT2D eigenvalue weighted by Gasteiger charge is 2.11. The van der Waals surface area contributed by atoms with Gasteiger partial charge in [-0.2, -0.15) is 0 Å². The molecule has 0 saturated carbocycles. The molecular formula is C13H19FN2O2. The molecule has 1 amide bonds. The van der Waals surface area contributed by atoms with Gasteiger partial charge in [-0.3, -0.25) is 4.79 Å². The first-order chi connectivity index (χ1) is 8.58. The van der Waals surface area contributed by atoms with Crippen LogP contribution in [0.4, 0.5) is 4.39 Å². The van der Waals surface area contributed by atoms with Crippen molar-refractivity contribution in [2.24, 2.45) is 5.92 Å². The van der Waals surface area contributed by atoms with Crippen LogP contribution in [0.15, 0.2) is 18.2 Å². The van der Waals surface area contributed by atoms with Gasteiger partial charge < -0.3 is 15.4 Å². The van der Waals surface area contributed by atoms with Crippen molar-refractivity contribution in [2.75, 3.05) is 20.7 Å². The molecule has 1 atom stereocenters. The highest BCUT2D eigenvalue weighted by Crippen LogP contribution is 2.17. The lowest BCUT2D eigenvalue weighted by Crippen LogP contribution is -2.33. The number of ether oxygens (including phenoxy) is 1. The molecule has 0 heterocycles. The van der Waals surface area contributed by atoms with Gasteiger partial charge in [-0.25, -0.2) is 4.39 Å².